The Bertz CT molecular complexity index is 684. The van der Waals surface area contributed by atoms with E-state index in [4.69, 9.17) is 12.2 Å². The van der Waals surface area contributed by atoms with E-state index < -0.39 is 4.92 Å². The number of benzene rings is 2. The van der Waals surface area contributed by atoms with Crippen molar-refractivity contribution in [3.8, 4) is 0 Å². The molecular formula is C17H19N3O2S. The van der Waals surface area contributed by atoms with Gasteiger partial charge in [-0.05, 0) is 48.8 Å². The highest BCUT2D eigenvalue weighted by atomic mass is 32.1. The van der Waals surface area contributed by atoms with Crippen molar-refractivity contribution in [1.82, 2.24) is 5.32 Å². The van der Waals surface area contributed by atoms with Gasteiger partial charge in [0.05, 0.1) is 11.0 Å². The average Bonchev–Trinajstić information content (AvgIpc) is 2.55. The second kappa shape index (κ2) is 7.69. The topological polar surface area (TPSA) is 67.2 Å². The van der Waals surface area contributed by atoms with E-state index in [1.54, 1.807) is 12.1 Å². The van der Waals surface area contributed by atoms with Gasteiger partial charge in [0.1, 0.15) is 0 Å². The highest BCUT2D eigenvalue weighted by molar-refractivity contribution is 7.80. The number of hydrogen-bond acceptors (Lipinski definition) is 3. The van der Waals surface area contributed by atoms with Gasteiger partial charge in [-0.2, -0.15) is 0 Å². The number of non-ortho nitro benzene ring substituents is 1. The van der Waals surface area contributed by atoms with E-state index in [1.807, 2.05) is 6.92 Å². The van der Waals surface area contributed by atoms with E-state index >= 15 is 0 Å². The Labute approximate surface area is 140 Å². The number of anilines is 1. The summed E-state index contributed by atoms with van der Waals surface area (Å²) in [4.78, 5) is 10.2. The Morgan fingerprint density at radius 1 is 1.17 bits per heavy atom. The van der Waals surface area contributed by atoms with Crippen LogP contribution in [0.2, 0.25) is 0 Å². The van der Waals surface area contributed by atoms with Crippen molar-refractivity contribution in [2.75, 3.05) is 5.32 Å². The molecule has 2 rings (SSSR count). The molecule has 2 aromatic rings. The highest BCUT2D eigenvalue weighted by Gasteiger charge is 2.08. The Balaban J connectivity index is 1.93. The van der Waals surface area contributed by atoms with Crippen LogP contribution in [0.3, 0.4) is 0 Å². The fourth-order valence-electron chi connectivity index (χ4n) is 2.16. The highest BCUT2D eigenvalue weighted by Crippen LogP contribution is 2.17. The third-order valence-electron chi connectivity index (χ3n) is 3.57. The van der Waals surface area contributed by atoms with Crippen LogP contribution in [0.25, 0.3) is 0 Å². The molecule has 0 aliphatic rings. The maximum atomic E-state index is 10.6. The molecule has 0 bridgehead atoms. The number of nitro benzene ring substituents is 1. The third-order valence-corrected chi connectivity index (χ3v) is 3.79. The van der Waals surface area contributed by atoms with Crippen molar-refractivity contribution >= 4 is 28.7 Å². The van der Waals surface area contributed by atoms with E-state index in [9.17, 15) is 10.1 Å². The normalized spacial score (nSPS) is 11.6. The lowest BCUT2D eigenvalue weighted by Crippen LogP contribution is -2.30. The van der Waals surface area contributed by atoms with Crippen LogP contribution in [0.1, 0.15) is 31.0 Å². The first-order valence-corrected chi connectivity index (χ1v) is 7.81. The largest absolute Gasteiger partial charge is 0.356 e. The zero-order chi connectivity index (χ0) is 16.8. The van der Waals surface area contributed by atoms with Crippen LogP contribution in [0.4, 0.5) is 11.4 Å². The molecule has 0 radical (unpaired) electrons. The van der Waals surface area contributed by atoms with Gasteiger partial charge in [0, 0.05) is 17.8 Å². The minimum Gasteiger partial charge on any atom is -0.356 e. The quantitative estimate of drug-likeness (QED) is 0.489. The lowest BCUT2D eigenvalue weighted by molar-refractivity contribution is -0.384. The molecule has 0 saturated heterocycles. The summed E-state index contributed by atoms with van der Waals surface area (Å²) in [5, 5.41) is 17.3. The lowest BCUT2D eigenvalue weighted by atomic mass is 10.1. The fraction of sp³-hybridized carbons (Fsp3) is 0.235. The molecular weight excluding hydrogens is 310 g/mol. The SMILES string of the molecule is CCc1ccc(C(C)NC(=S)Nc2ccc([N+](=O)[O-])cc2)cc1. The maximum Gasteiger partial charge on any atom is 0.269 e. The summed E-state index contributed by atoms with van der Waals surface area (Å²) >= 11 is 5.29. The maximum absolute atomic E-state index is 10.6. The standard InChI is InChI=1S/C17H19N3O2S/c1-3-13-4-6-14(7-5-13)12(2)18-17(23)19-15-8-10-16(11-9-15)20(21)22/h4-12H,3H2,1-2H3,(H2,18,19,23). The van der Waals surface area contributed by atoms with Gasteiger partial charge < -0.3 is 10.6 Å². The summed E-state index contributed by atoms with van der Waals surface area (Å²) in [6.07, 6.45) is 1.02. The number of aryl methyl sites for hydroxylation is 1. The van der Waals surface area contributed by atoms with E-state index in [0.717, 1.165) is 12.0 Å². The molecule has 120 valence electrons. The summed E-state index contributed by atoms with van der Waals surface area (Å²) in [6.45, 7) is 4.16. The first kappa shape index (κ1) is 16.9. The van der Waals surface area contributed by atoms with Gasteiger partial charge in [0.25, 0.3) is 5.69 Å². The Morgan fingerprint density at radius 3 is 2.30 bits per heavy atom. The molecule has 23 heavy (non-hydrogen) atoms. The molecule has 1 unspecified atom stereocenters. The monoisotopic (exact) mass is 329 g/mol. The molecule has 2 aromatic carbocycles. The smallest absolute Gasteiger partial charge is 0.269 e. The molecule has 0 saturated carbocycles. The van der Waals surface area contributed by atoms with Crippen LogP contribution in [0.15, 0.2) is 48.5 Å². The van der Waals surface area contributed by atoms with Gasteiger partial charge in [-0.15, -0.1) is 0 Å². The Hall–Kier alpha value is -2.47. The molecule has 1 atom stereocenters. The van der Waals surface area contributed by atoms with Crippen molar-refractivity contribution < 1.29 is 4.92 Å². The first-order chi connectivity index (χ1) is 11.0. The number of thiocarbonyl (C=S) groups is 1. The van der Waals surface area contributed by atoms with Crippen LogP contribution in [0.5, 0.6) is 0 Å². The number of rotatable bonds is 5. The van der Waals surface area contributed by atoms with Gasteiger partial charge in [-0.1, -0.05) is 31.2 Å². The number of nitrogens with zero attached hydrogens (tertiary/aromatic N) is 1. The second-order valence-electron chi connectivity index (χ2n) is 5.22. The number of nitro groups is 1. The zero-order valence-electron chi connectivity index (χ0n) is 13.1. The van der Waals surface area contributed by atoms with Crippen molar-refractivity contribution in [3.05, 3.63) is 69.8 Å². The van der Waals surface area contributed by atoms with E-state index in [2.05, 4.69) is 41.8 Å². The van der Waals surface area contributed by atoms with Crippen molar-refractivity contribution in [2.45, 2.75) is 26.3 Å². The molecule has 0 aromatic heterocycles. The minimum atomic E-state index is -0.428. The zero-order valence-corrected chi connectivity index (χ0v) is 13.9. The predicted octanol–water partition coefficient (Wildman–Crippen LogP) is 4.20. The van der Waals surface area contributed by atoms with Crippen molar-refractivity contribution in [2.24, 2.45) is 0 Å². The van der Waals surface area contributed by atoms with Gasteiger partial charge in [-0.3, -0.25) is 10.1 Å². The first-order valence-electron chi connectivity index (χ1n) is 7.40. The van der Waals surface area contributed by atoms with Crippen LogP contribution >= 0.6 is 12.2 Å². The summed E-state index contributed by atoms with van der Waals surface area (Å²) < 4.78 is 0. The summed E-state index contributed by atoms with van der Waals surface area (Å²) in [5.74, 6) is 0. The van der Waals surface area contributed by atoms with Crippen LogP contribution in [-0.2, 0) is 6.42 Å². The molecule has 2 N–H and O–H groups in total. The number of hydrogen-bond donors (Lipinski definition) is 2. The summed E-state index contributed by atoms with van der Waals surface area (Å²) in [7, 11) is 0. The minimum absolute atomic E-state index is 0.0545. The molecule has 6 heteroatoms. The third kappa shape index (κ3) is 4.75. The fourth-order valence-corrected chi connectivity index (χ4v) is 2.45. The lowest BCUT2D eigenvalue weighted by Gasteiger charge is -2.17. The van der Waals surface area contributed by atoms with E-state index in [1.165, 1.54) is 17.7 Å². The van der Waals surface area contributed by atoms with Crippen molar-refractivity contribution in [3.63, 3.8) is 0 Å². The van der Waals surface area contributed by atoms with Crippen LogP contribution in [0, 0.1) is 10.1 Å². The van der Waals surface area contributed by atoms with E-state index in [-0.39, 0.29) is 11.7 Å². The number of nitrogens with one attached hydrogen (secondary N) is 2. The average molecular weight is 329 g/mol. The van der Waals surface area contributed by atoms with Crippen LogP contribution < -0.4 is 10.6 Å². The van der Waals surface area contributed by atoms with Gasteiger partial charge in [0.15, 0.2) is 5.11 Å². The van der Waals surface area contributed by atoms with Crippen molar-refractivity contribution in [1.29, 1.82) is 0 Å². The van der Waals surface area contributed by atoms with Gasteiger partial charge >= 0.3 is 0 Å². The molecule has 0 aliphatic carbocycles. The molecule has 0 heterocycles. The summed E-state index contributed by atoms with van der Waals surface area (Å²) in [5.41, 5.74) is 3.21. The van der Waals surface area contributed by atoms with E-state index in [0.29, 0.717) is 10.8 Å². The predicted molar refractivity (Wildman–Crippen MR) is 96.7 cm³/mol. The molecule has 0 amide bonds. The second-order valence-corrected chi connectivity index (χ2v) is 5.63. The molecule has 5 nitrogen and oxygen atoms in total. The molecule has 0 spiro atoms. The Morgan fingerprint density at radius 2 is 1.78 bits per heavy atom. The van der Waals surface area contributed by atoms with Crippen LogP contribution in [-0.4, -0.2) is 10.0 Å². The molecule has 0 fully saturated rings. The van der Waals surface area contributed by atoms with Gasteiger partial charge in [0.2, 0.25) is 0 Å². The Kier molecular flexibility index (Phi) is 5.65. The molecule has 0 aliphatic heterocycles. The summed E-state index contributed by atoms with van der Waals surface area (Å²) in [6, 6.07) is 14.6. The van der Waals surface area contributed by atoms with Gasteiger partial charge in [-0.25, -0.2) is 0 Å².